The Morgan fingerprint density at radius 1 is 1.13 bits per heavy atom. The summed E-state index contributed by atoms with van der Waals surface area (Å²) in [5, 5.41) is 2.99. The molecule has 3 rings (SSSR count). The minimum Gasteiger partial charge on any atom is -0.384 e. The molecule has 162 valence electrons. The summed E-state index contributed by atoms with van der Waals surface area (Å²) in [5.41, 5.74) is 0.992. The zero-order chi connectivity index (χ0) is 21.8. The van der Waals surface area contributed by atoms with Crippen LogP contribution in [0.2, 0.25) is 0 Å². The maximum absolute atomic E-state index is 12.7. The molecule has 1 N–H and O–H groups in total. The Labute approximate surface area is 176 Å². The van der Waals surface area contributed by atoms with Crippen LogP contribution in [0.4, 0.5) is 0 Å². The predicted octanol–water partition coefficient (Wildman–Crippen LogP) is 1.70. The second-order valence-corrected chi connectivity index (χ2v) is 8.25. The number of ether oxygens (including phenoxy) is 1. The van der Waals surface area contributed by atoms with Gasteiger partial charge in [0.25, 0.3) is 17.7 Å². The zero-order valence-corrected chi connectivity index (χ0v) is 17.8. The highest BCUT2D eigenvalue weighted by Crippen LogP contribution is 2.25. The molecule has 8 nitrogen and oxygen atoms in total. The van der Waals surface area contributed by atoms with Gasteiger partial charge in [0, 0.05) is 38.3 Å². The lowest BCUT2D eigenvalue weighted by molar-refractivity contribution is -0.133. The Morgan fingerprint density at radius 2 is 1.80 bits per heavy atom. The smallest absolute Gasteiger partial charge is 0.261 e. The highest BCUT2D eigenvalue weighted by molar-refractivity contribution is 6.22. The molecule has 0 aliphatic carbocycles. The molecule has 4 amide bonds. The van der Waals surface area contributed by atoms with Crippen LogP contribution in [0.15, 0.2) is 18.2 Å². The molecule has 1 aromatic carbocycles. The van der Waals surface area contributed by atoms with Gasteiger partial charge in [-0.3, -0.25) is 24.1 Å². The Bertz CT molecular complexity index is 843. The topological polar surface area (TPSA) is 96.0 Å². The van der Waals surface area contributed by atoms with Crippen LogP contribution in [0.1, 0.15) is 64.2 Å². The molecule has 0 bridgehead atoms. The standard InChI is InChI=1S/C22H29N3O5/c1-14(2)13-25-21(28)17-5-4-15(12-18(17)22(25)29)20(27)23-16-6-9-24(10-7-16)19(26)8-11-30-3/h4-5,12,14,16H,6-11,13H2,1-3H3,(H,23,27). The number of benzene rings is 1. The molecular weight excluding hydrogens is 386 g/mol. The van der Waals surface area contributed by atoms with E-state index in [1.165, 1.54) is 11.0 Å². The molecule has 0 spiro atoms. The van der Waals surface area contributed by atoms with E-state index in [-0.39, 0.29) is 41.2 Å². The molecule has 0 unspecified atom stereocenters. The summed E-state index contributed by atoms with van der Waals surface area (Å²) < 4.78 is 4.94. The number of hydrogen-bond donors (Lipinski definition) is 1. The summed E-state index contributed by atoms with van der Waals surface area (Å²) in [4.78, 5) is 52.9. The summed E-state index contributed by atoms with van der Waals surface area (Å²) in [5.74, 6) is -0.691. The first-order valence-electron chi connectivity index (χ1n) is 10.4. The monoisotopic (exact) mass is 415 g/mol. The second kappa shape index (κ2) is 9.38. The van der Waals surface area contributed by atoms with Gasteiger partial charge in [-0.15, -0.1) is 0 Å². The number of carbonyl (C=O) groups excluding carboxylic acids is 4. The van der Waals surface area contributed by atoms with E-state index < -0.39 is 0 Å². The van der Waals surface area contributed by atoms with Crippen molar-refractivity contribution in [2.24, 2.45) is 5.92 Å². The molecule has 2 aliphatic rings. The first kappa shape index (κ1) is 22.0. The normalized spacial score (nSPS) is 16.9. The largest absolute Gasteiger partial charge is 0.384 e. The van der Waals surface area contributed by atoms with Crippen molar-refractivity contribution >= 4 is 23.6 Å². The number of nitrogens with one attached hydrogen (secondary N) is 1. The number of fused-ring (bicyclic) bond motifs is 1. The minimum atomic E-state index is -0.346. The van der Waals surface area contributed by atoms with Crippen LogP contribution in [-0.2, 0) is 9.53 Å². The van der Waals surface area contributed by atoms with Crippen molar-refractivity contribution in [2.75, 3.05) is 33.4 Å². The number of carbonyl (C=O) groups is 4. The molecule has 8 heteroatoms. The molecular formula is C22H29N3O5. The number of amides is 4. The van der Waals surface area contributed by atoms with Crippen molar-refractivity contribution in [2.45, 2.75) is 39.2 Å². The van der Waals surface area contributed by atoms with E-state index in [4.69, 9.17) is 4.74 Å². The Balaban J connectivity index is 1.59. The van der Waals surface area contributed by atoms with Crippen LogP contribution in [0.5, 0.6) is 0 Å². The van der Waals surface area contributed by atoms with Crippen molar-refractivity contribution in [3.05, 3.63) is 34.9 Å². The average Bonchev–Trinajstić information content (AvgIpc) is 2.96. The van der Waals surface area contributed by atoms with Gasteiger partial charge in [0.05, 0.1) is 24.2 Å². The fourth-order valence-corrected chi connectivity index (χ4v) is 3.85. The Hall–Kier alpha value is -2.74. The Morgan fingerprint density at radius 3 is 2.43 bits per heavy atom. The maximum Gasteiger partial charge on any atom is 0.261 e. The zero-order valence-electron chi connectivity index (χ0n) is 17.8. The van der Waals surface area contributed by atoms with E-state index in [9.17, 15) is 19.2 Å². The third-order valence-corrected chi connectivity index (χ3v) is 5.48. The molecule has 2 heterocycles. The first-order valence-corrected chi connectivity index (χ1v) is 10.4. The molecule has 1 fully saturated rings. The van der Waals surface area contributed by atoms with Crippen LogP contribution >= 0.6 is 0 Å². The van der Waals surface area contributed by atoms with Crippen molar-refractivity contribution in [3.8, 4) is 0 Å². The SMILES string of the molecule is COCCC(=O)N1CCC(NC(=O)c2ccc3c(c2)C(=O)N(CC(C)C)C3=O)CC1. The van der Waals surface area contributed by atoms with E-state index in [2.05, 4.69) is 5.32 Å². The molecule has 0 saturated carbocycles. The van der Waals surface area contributed by atoms with Crippen molar-refractivity contribution in [1.82, 2.24) is 15.1 Å². The molecule has 2 aliphatic heterocycles. The summed E-state index contributed by atoms with van der Waals surface area (Å²) in [6.07, 6.45) is 1.72. The number of hydrogen-bond acceptors (Lipinski definition) is 5. The second-order valence-electron chi connectivity index (χ2n) is 8.25. The lowest BCUT2D eigenvalue weighted by Crippen LogP contribution is -2.46. The minimum absolute atomic E-state index is 0.0352. The summed E-state index contributed by atoms with van der Waals surface area (Å²) in [6.45, 7) is 5.83. The van der Waals surface area contributed by atoms with Gasteiger partial charge in [-0.2, -0.15) is 0 Å². The Kier molecular flexibility index (Phi) is 6.87. The molecule has 0 atom stereocenters. The van der Waals surface area contributed by atoms with Gasteiger partial charge >= 0.3 is 0 Å². The van der Waals surface area contributed by atoms with Gasteiger partial charge < -0.3 is 15.0 Å². The van der Waals surface area contributed by atoms with Gasteiger partial charge in [-0.25, -0.2) is 0 Å². The number of rotatable bonds is 7. The van der Waals surface area contributed by atoms with Crippen molar-refractivity contribution < 1.29 is 23.9 Å². The fourth-order valence-electron chi connectivity index (χ4n) is 3.85. The number of nitrogens with zero attached hydrogens (tertiary/aromatic N) is 2. The molecule has 0 radical (unpaired) electrons. The average molecular weight is 415 g/mol. The predicted molar refractivity (Wildman–Crippen MR) is 110 cm³/mol. The van der Waals surface area contributed by atoms with E-state index in [1.807, 2.05) is 13.8 Å². The van der Waals surface area contributed by atoms with Gasteiger partial charge in [0.2, 0.25) is 5.91 Å². The summed E-state index contributed by atoms with van der Waals surface area (Å²) in [7, 11) is 1.57. The molecule has 1 aromatic rings. The molecule has 0 aromatic heterocycles. The van der Waals surface area contributed by atoms with Crippen molar-refractivity contribution in [1.29, 1.82) is 0 Å². The first-order chi connectivity index (χ1) is 14.3. The highest BCUT2D eigenvalue weighted by Gasteiger charge is 2.36. The van der Waals surface area contributed by atoms with E-state index in [1.54, 1.807) is 24.1 Å². The summed E-state index contributed by atoms with van der Waals surface area (Å²) in [6, 6.07) is 4.62. The maximum atomic E-state index is 12.7. The van der Waals surface area contributed by atoms with E-state index in [0.29, 0.717) is 56.6 Å². The van der Waals surface area contributed by atoms with Crippen LogP contribution in [-0.4, -0.2) is 72.8 Å². The van der Waals surface area contributed by atoms with E-state index >= 15 is 0 Å². The molecule has 1 saturated heterocycles. The summed E-state index contributed by atoms with van der Waals surface area (Å²) >= 11 is 0. The number of piperidine rings is 1. The lowest BCUT2D eigenvalue weighted by Gasteiger charge is -2.32. The van der Waals surface area contributed by atoms with Crippen molar-refractivity contribution in [3.63, 3.8) is 0 Å². The third-order valence-electron chi connectivity index (χ3n) is 5.48. The third kappa shape index (κ3) is 4.70. The number of likely N-dealkylation sites (tertiary alicyclic amines) is 1. The lowest BCUT2D eigenvalue weighted by atomic mass is 10.0. The van der Waals surface area contributed by atoms with Crippen LogP contribution < -0.4 is 5.32 Å². The van der Waals surface area contributed by atoms with Crippen LogP contribution in [0.3, 0.4) is 0 Å². The number of methoxy groups -OCH3 is 1. The van der Waals surface area contributed by atoms with Gasteiger partial charge in [-0.05, 0) is 37.0 Å². The van der Waals surface area contributed by atoms with Gasteiger partial charge in [0.15, 0.2) is 0 Å². The molecule has 30 heavy (non-hydrogen) atoms. The van der Waals surface area contributed by atoms with Crippen LogP contribution in [0.25, 0.3) is 0 Å². The van der Waals surface area contributed by atoms with E-state index in [0.717, 1.165) is 0 Å². The van der Waals surface area contributed by atoms with Gasteiger partial charge in [-0.1, -0.05) is 13.8 Å². The van der Waals surface area contributed by atoms with Crippen LogP contribution in [0, 0.1) is 5.92 Å². The quantitative estimate of drug-likeness (QED) is 0.684. The fraction of sp³-hybridized carbons (Fsp3) is 0.545. The number of imide groups is 1. The van der Waals surface area contributed by atoms with Gasteiger partial charge in [0.1, 0.15) is 0 Å². The highest BCUT2D eigenvalue weighted by atomic mass is 16.5.